The molecule has 0 spiro atoms. The number of rotatable bonds is 8. The summed E-state index contributed by atoms with van der Waals surface area (Å²) < 4.78 is 0. The normalized spacial score (nSPS) is 18.1. The lowest BCUT2D eigenvalue weighted by atomic mass is 9.94. The number of thioether (sulfide) groups is 1. The molecule has 1 fully saturated rings. The summed E-state index contributed by atoms with van der Waals surface area (Å²) in [5, 5.41) is 6.82. The molecule has 1 aromatic heterocycles. The van der Waals surface area contributed by atoms with Crippen LogP contribution in [0.5, 0.6) is 0 Å². The van der Waals surface area contributed by atoms with E-state index >= 15 is 0 Å². The molecule has 1 atom stereocenters. The number of unbranched alkanes of at least 4 members (excludes halogenated alkanes) is 1. The van der Waals surface area contributed by atoms with Gasteiger partial charge in [0.1, 0.15) is 5.69 Å². The quantitative estimate of drug-likeness (QED) is 0.710. The lowest BCUT2D eigenvalue weighted by Gasteiger charge is -2.32. The second kappa shape index (κ2) is 8.96. The van der Waals surface area contributed by atoms with E-state index in [1.54, 1.807) is 6.07 Å². The number of carbonyl (C=O) groups is 2. The van der Waals surface area contributed by atoms with Gasteiger partial charge in [0, 0.05) is 36.9 Å². The van der Waals surface area contributed by atoms with Crippen molar-refractivity contribution in [3.8, 4) is 0 Å². The fraction of sp³-hybridized carbons (Fsp3) is 0.688. The largest absolute Gasteiger partial charge is 0.364 e. The SMILES string of the molecule is CCCCSCCC(=O)N1CCCC(c2cc(C(N)=O)n[nH]2)C1. The molecule has 2 rings (SSSR count). The topological polar surface area (TPSA) is 92.1 Å². The highest BCUT2D eigenvalue weighted by Crippen LogP contribution is 2.26. The molecule has 128 valence electrons. The standard InChI is InChI=1S/C16H26N4O2S/c1-2-3-8-23-9-6-15(21)20-7-4-5-12(11-20)13-10-14(16(17)22)19-18-13/h10,12H,2-9,11H2,1H3,(H2,17,22)(H,18,19). The maximum absolute atomic E-state index is 12.3. The maximum atomic E-state index is 12.3. The Morgan fingerprint density at radius 1 is 1.48 bits per heavy atom. The predicted octanol–water partition coefficient (Wildman–Crippen LogP) is 2.14. The molecule has 1 aliphatic heterocycles. The average molecular weight is 338 g/mol. The molecule has 23 heavy (non-hydrogen) atoms. The van der Waals surface area contributed by atoms with E-state index in [9.17, 15) is 9.59 Å². The molecule has 1 aromatic rings. The number of nitrogens with two attached hydrogens (primary N) is 1. The Bertz CT molecular complexity index is 532. The summed E-state index contributed by atoms with van der Waals surface area (Å²) in [5.41, 5.74) is 6.39. The number of hydrogen-bond donors (Lipinski definition) is 2. The van der Waals surface area contributed by atoms with Gasteiger partial charge in [-0.25, -0.2) is 0 Å². The van der Waals surface area contributed by atoms with E-state index < -0.39 is 5.91 Å². The van der Waals surface area contributed by atoms with E-state index in [1.807, 2.05) is 16.7 Å². The molecule has 1 saturated heterocycles. The first kappa shape index (κ1) is 17.8. The van der Waals surface area contributed by atoms with E-state index in [1.165, 1.54) is 12.8 Å². The number of aromatic nitrogens is 2. The lowest BCUT2D eigenvalue weighted by molar-refractivity contribution is -0.131. The van der Waals surface area contributed by atoms with Crippen molar-refractivity contribution in [2.75, 3.05) is 24.6 Å². The summed E-state index contributed by atoms with van der Waals surface area (Å²) in [7, 11) is 0. The molecular formula is C16H26N4O2S. The zero-order chi connectivity index (χ0) is 16.7. The van der Waals surface area contributed by atoms with Crippen LogP contribution >= 0.6 is 11.8 Å². The van der Waals surface area contributed by atoms with Crippen LogP contribution in [-0.2, 0) is 4.79 Å². The number of nitrogens with zero attached hydrogens (tertiary/aromatic N) is 2. The number of primary amides is 1. The Balaban J connectivity index is 1.82. The Morgan fingerprint density at radius 3 is 3.00 bits per heavy atom. The van der Waals surface area contributed by atoms with Crippen molar-refractivity contribution in [1.29, 1.82) is 0 Å². The monoisotopic (exact) mass is 338 g/mol. The maximum Gasteiger partial charge on any atom is 0.269 e. The Morgan fingerprint density at radius 2 is 2.30 bits per heavy atom. The van der Waals surface area contributed by atoms with Crippen molar-refractivity contribution in [1.82, 2.24) is 15.1 Å². The van der Waals surface area contributed by atoms with Crippen molar-refractivity contribution in [2.24, 2.45) is 5.73 Å². The van der Waals surface area contributed by atoms with Crippen LogP contribution in [0.4, 0.5) is 0 Å². The first-order chi connectivity index (χ1) is 11.1. The lowest BCUT2D eigenvalue weighted by Crippen LogP contribution is -2.39. The molecule has 0 bridgehead atoms. The summed E-state index contributed by atoms with van der Waals surface area (Å²) in [6.45, 7) is 3.70. The summed E-state index contributed by atoms with van der Waals surface area (Å²) in [5.74, 6) is 1.95. The number of aromatic amines is 1. The van der Waals surface area contributed by atoms with Gasteiger partial charge in [-0.15, -0.1) is 0 Å². The van der Waals surface area contributed by atoms with Gasteiger partial charge in [0.05, 0.1) is 0 Å². The van der Waals surface area contributed by atoms with Gasteiger partial charge in [0.15, 0.2) is 0 Å². The van der Waals surface area contributed by atoms with Crippen LogP contribution in [0.3, 0.4) is 0 Å². The molecule has 1 aliphatic rings. The molecule has 2 amide bonds. The molecule has 1 unspecified atom stereocenters. The van der Waals surface area contributed by atoms with Crippen molar-refractivity contribution in [3.63, 3.8) is 0 Å². The fourth-order valence-corrected chi connectivity index (χ4v) is 3.81. The number of nitrogens with one attached hydrogen (secondary N) is 1. The van der Waals surface area contributed by atoms with Crippen LogP contribution in [0.15, 0.2) is 6.07 Å². The number of carbonyl (C=O) groups excluding carboxylic acids is 2. The summed E-state index contributed by atoms with van der Waals surface area (Å²) in [4.78, 5) is 25.4. The number of H-pyrrole nitrogens is 1. The van der Waals surface area contributed by atoms with Crippen LogP contribution in [0.25, 0.3) is 0 Å². The third-order valence-corrected chi connectivity index (χ3v) is 5.24. The number of likely N-dealkylation sites (tertiary alicyclic amines) is 1. The van der Waals surface area contributed by atoms with E-state index in [0.29, 0.717) is 13.0 Å². The van der Waals surface area contributed by atoms with Crippen LogP contribution in [0, 0.1) is 0 Å². The number of hydrogen-bond acceptors (Lipinski definition) is 4. The van der Waals surface area contributed by atoms with Gasteiger partial charge in [-0.3, -0.25) is 14.7 Å². The van der Waals surface area contributed by atoms with E-state index in [2.05, 4.69) is 17.1 Å². The molecule has 0 saturated carbocycles. The van der Waals surface area contributed by atoms with E-state index in [-0.39, 0.29) is 17.5 Å². The predicted molar refractivity (Wildman–Crippen MR) is 92.5 cm³/mol. The van der Waals surface area contributed by atoms with Crippen molar-refractivity contribution < 1.29 is 9.59 Å². The zero-order valence-corrected chi connectivity index (χ0v) is 14.5. The highest BCUT2D eigenvalue weighted by Gasteiger charge is 2.26. The average Bonchev–Trinajstić information content (AvgIpc) is 3.05. The molecule has 2 heterocycles. The van der Waals surface area contributed by atoms with Crippen LogP contribution in [0.1, 0.15) is 61.1 Å². The molecular weight excluding hydrogens is 312 g/mol. The van der Waals surface area contributed by atoms with Crippen LogP contribution in [-0.4, -0.2) is 51.5 Å². The molecule has 7 heteroatoms. The van der Waals surface area contributed by atoms with Crippen LogP contribution in [0.2, 0.25) is 0 Å². The molecule has 0 radical (unpaired) electrons. The summed E-state index contributed by atoms with van der Waals surface area (Å²) in [6.07, 6.45) is 5.00. The van der Waals surface area contributed by atoms with Gasteiger partial charge in [0.2, 0.25) is 5.91 Å². The van der Waals surface area contributed by atoms with Gasteiger partial charge in [-0.05, 0) is 31.1 Å². The third-order valence-electron chi connectivity index (χ3n) is 4.17. The van der Waals surface area contributed by atoms with Crippen molar-refractivity contribution in [2.45, 2.75) is 44.9 Å². The molecule has 6 nitrogen and oxygen atoms in total. The summed E-state index contributed by atoms with van der Waals surface area (Å²) in [6, 6.07) is 1.71. The first-order valence-electron chi connectivity index (χ1n) is 8.32. The van der Waals surface area contributed by atoms with Gasteiger partial charge < -0.3 is 10.6 Å². The molecule has 0 aromatic carbocycles. The highest BCUT2D eigenvalue weighted by atomic mass is 32.2. The van der Waals surface area contributed by atoms with Gasteiger partial charge in [-0.2, -0.15) is 16.9 Å². The van der Waals surface area contributed by atoms with E-state index in [4.69, 9.17) is 5.73 Å². The summed E-state index contributed by atoms with van der Waals surface area (Å²) >= 11 is 1.86. The second-order valence-electron chi connectivity index (χ2n) is 5.97. The minimum atomic E-state index is -0.527. The second-order valence-corrected chi connectivity index (χ2v) is 7.19. The Labute approximate surface area is 141 Å². The number of piperidine rings is 1. The van der Waals surface area contributed by atoms with Crippen LogP contribution < -0.4 is 5.73 Å². The minimum absolute atomic E-state index is 0.209. The minimum Gasteiger partial charge on any atom is -0.364 e. The van der Waals surface area contributed by atoms with Gasteiger partial charge >= 0.3 is 0 Å². The Hall–Kier alpha value is -1.50. The molecule has 3 N–H and O–H groups in total. The van der Waals surface area contributed by atoms with Crippen molar-refractivity contribution in [3.05, 3.63) is 17.5 Å². The van der Waals surface area contributed by atoms with E-state index in [0.717, 1.165) is 36.6 Å². The molecule has 0 aliphatic carbocycles. The third kappa shape index (κ3) is 5.27. The number of amides is 2. The van der Waals surface area contributed by atoms with Gasteiger partial charge in [-0.1, -0.05) is 13.3 Å². The Kier molecular flexibility index (Phi) is 6.95. The van der Waals surface area contributed by atoms with Gasteiger partial charge in [0.25, 0.3) is 5.91 Å². The first-order valence-corrected chi connectivity index (χ1v) is 9.48. The highest BCUT2D eigenvalue weighted by molar-refractivity contribution is 7.99. The smallest absolute Gasteiger partial charge is 0.269 e. The van der Waals surface area contributed by atoms with Crippen molar-refractivity contribution >= 4 is 23.6 Å². The zero-order valence-electron chi connectivity index (χ0n) is 13.7. The fourth-order valence-electron chi connectivity index (χ4n) is 2.80.